The smallest absolute Gasteiger partial charge is 0.104 e. The van der Waals surface area contributed by atoms with Crippen molar-refractivity contribution in [3.05, 3.63) is 0 Å². The van der Waals surface area contributed by atoms with Crippen LogP contribution in [0.4, 0.5) is 0 Å². The Morgan fingerprint density at radius 2 is 2.43 bits per heavy atom. The Bertz CT molecular complexity index is 50.0. The van der Waals surface area contributed by atoms with Crippen LogP contribution in [0.3, 0.4) is 0 Å². The Hall–Kier alpha value is -0.0800. The molecule has 0 aliphatic carbocycles. The molecule has 1 aliphatic rings. The van der Waals surface area contributed by atoms with Gasteiger partial charge < -0.3 is 9.47 Å². The van der Waals surface area contributed by atoms with Gasteiger partial charge in [0.2, 0.25) is 0 Å². The molecule has 0 bridgehead atoms. The molecule has 2 nitrogen and oxygen atoms in total. The highest BCUT2D eigenvalue weighted by Crippen LogP contribution is 2.03. The maximum absolute atomic E-state index is 5.15. The van der Waals surface area contributed by atoms with Gasteiger partial charge in [-0.1, -0.05) is 0 Å². The van der Waals surface area contributed by atoms with E-state index >= 15 is 0 Å². The Kier molecular flexibility index (Phi) is 1.65. The third-order valence-corrected chi connectivity index (χ3v) is 1.01. The van der Waals surface area contributed by atoms with E-state index in [1.165, 1.54) is 0 Å². The van der Waals surface area contributed by atoms with Gasteiger partial charge in [-0.05, 0) is 6.92 Å². The van der Waals surface area contributed by atoms with Crippen LogP contribution in [0.5, 0.6) is 0 Å². The lowest BCUT2D eigenvalue weighted by atomic mass is 10.3. The number of rotatable bonds is 2. The topological polar surface area (TPSA) is 18.5 Å². The first kappa shape index (κ1) is 5.06. The molecule has 1 aliphatic heterocycles. The number of hydrogen-bond donors (Lipinski definition) is 0. The van der Waals surface area contributed by atoms with Crippen molar-refractivity contribution in [1.29, 1.82) is 0 Å². The molecule has 0 aromatic carbocycles. The van der Waals surface area contributed by atoms with Gasteiger partial charge in [-0.25, -0.2) is 0 Å². The molecule has 0 aromatic heterocycles. The molecule has 0 unspecified atom stereocenters. The highest BCUT2D eigenvalue weighted by atomic mass is 16.6. The van der Waals surface area contributed by atoms with E-state index in [-0.39, 0.29) is 0 Å². The molecular formula is C5H10O2. The maximum Gasteiger partial charge on any atom is 0.104 e. The van der Waals surface area contributed by atoms with Gasteiger partial charge in [0.25, 0.3) is 0 Å². The van der Waals surface area contributed by atoms with E-state index < -0.39 is 0 Å². The summed E-state index contributed by atoms with van der Waals surface area (Å²) in [7, 11) is 0. The van der Waals surface area contributed by atoms with Crippen LogP contribution in [0.1, 0.15) is 6.92 Å². The zero-order valence-electron chi connectivity index (χ0n) is 4.52. The number of ether oxygens (including phenoxy) is 2. The van der Waals surface area contributed by atoms with Gasteiger partial charge in [0.15, 0.2) is 0 Å². The largest absolute Gasteiger partial charge is 0.376 e. The summed E-state index contributed by atoms with van der Waals surface area (Å²) in [5.41, 5.74) is 0. The van der Waals surface area contributed by atoms with Crippen LogP contribution in [0, 0.1) is 0 Å². The summed E-state index contributed by atoms with van der Waals surface area (Å²) in [6.45, 7) is 4.41. The molecular weight excluding hydrogens is 92.1 g/mol. The minimum Gasteiger partial charge on any atom is -0.376 e. The van der Waals surface area contributed by atoms with Crippen LogP contribution >= 0.6 is 0 Å². The zero-order valence-corrected chi connectivity index (χ0v) is 4.52. The maximum atomic E-state index is 5.15. The van der Waals surface area contributed by atoms with Gasteiger partial charge in [0, 0.05) is 6.61 Å². The van der Waals surface area contributed by atoms with Gasteiger partial charge in [-0.3, -0.25) is 0 Å². The minimum atomic E-state index is 0.407. The van der Waals surface area contributed by atoms with Crippen LogP contribution in [-0.4, -0.2) is 25.9 Å². The number of hydrogen-bond acceptors (Lipinski definition) is 2. The normalized spacial score (nSPS) is 21.9. The van der Waals surface area contributed by atoms with E-state index in [0.717, 1.165) is 19.8 Å². The second-order valence-electron chi connectivity index (χ2n) is 1.61. The second kappa shape index (κ2) is 2.28. The van der Waals surface area contributed by atoms with E-state index in [4.69, 9.17) is 9.47 Å². The van der Waals surface area contributed by atoms with Crippen LogP contribution in [0.25, 0.3) is 0 Å². The SMILES string of the molecule is CCOC1COC1. The molecule has 0 atom stereocenters. The van der Waals surface area contributed by atoms with Crippen molar-refractivity contribution in [2.75, 3.05) is 19.8 Å². The van der Waals surface area contributed by atoms with Crippen molar-refractivity contribution in [1.82, 2.24) is 0 Å². The van der Waals surface area contributed by atoms with Crippen molar-refractivity contribution < 1.29 is 9.47 Å². The van der Waals surface area contributed by atoms with Gasteiger partial charge in [-0.15, -0.1) is 0 Å². The lowest BCUT2D eigenvalue weighted by Gasteiger charge is -2.25. The van der Waals surface area contributed by atoms with E-state index in [1.807, 2.05) is 6.92 Å². The van der Waals surface area contributed by atoms with Crippen LogP contribution in [0.15, 0.2) is 0 Å². The third kappa shape index (κ3) is 1.14. The molecule has 2 heteroatoms. The predicted molar refractivity (Wildman–Crippen MR) is 26.2 cm³/mol. The fraction of sp³-hybridized carbons (Fsp3) is 1.00. The highest BCUT2D eigenvalue weighted by molar-refractivity contribution is 4.62. The molecule has 0 radical (unpaired) electrons. The van der Waals surface area contributed by atoms with Crippen molar-refractivity contribution in [2.45, 2.75) is 13.0 Å². The summed E-state index contributed by atoms with van der Waals surface area (Å²) < 4.78 is 10.0. The summed E-state index contributed by atoms with van der Waals surface area (Å²) in [5, 5.41) is 0. The van der Waals surface area contributed by atoms with Gasteiger partial charge in [0.1, 0.15) is 6.10 Å². The fourth-order valence-corrected chi connectivity index (χ4v) is 0.546. The first-order chi connectivity index (χ1) is 3.43. The molecule has 0 aromatic rings. The molecule has 1 rings (SSSR count). The molecule has 7 heavy (non-hydrogen) atoms. The van der Waals surface area contributed by atoms with Crippen LogP contribution in [0.2, 0.25) is 0 Å². The van der Waals surface area contributed by atoms with Crippen LogP contribution < -0.4 is 0 Å². The van der Waals surface area contributed by atoms with Crippen molar-refractivity contribution in [3.8, 4) is 0 Å². The standard InChI is InChI=1S/C5H10O2/c1-2-7-5-3-6-4-5/h5H,2-4H2,1H3. The summed E-state index contributed by atoms with van der Waals surface area (Å²) in [4.78, 5) is 0. The monoisotopic (exact) mass is 102 g/mol. The molecule has 0 N–H and O–H groups in total. The zero-order chi connectivity index (χ0) is 5.11. The highest BCUT2D eigenvalue weighted by Gasteiger charge is 2.16. The van der Waals surface area contributed by atoms with Crippen molar-refractivity contribution in [3.63, 3.8) is 0 Å². The Labute approximate surface area is 43.4 Å². The van der Waals surface area contributed by atoms with E-state index in [2.05, 4.69) is 0 Å². The van der Waals surface area contributed by atoms with Crippen molar-refractivity contribution >= 4 is 0 Å². The Morgan fingerprint density at radius 1 is 1.71 bits per heavy atom. The van der Waals surface area contributed by atoms with E-state index in [9.17, 15) is 0 Å². The summed E-state index contributed by atoms with van der Waals surface area (Å²) in [6, 6.07) is 0. The molecule has 1 saturated heterocycles. The molecule has 0 amide bonds. The molecule has 1 heterocycles. The molecule has 0 spiro atoms. The van der Waals surface area contributed by atoms with Crippen molar-refractivity contribution in [2.24, 2.45) is 0 Å². The van der Waals surface area contributed by atoms with E-state index in [1.54, 1.807) is 0 Å². The lowest BCUT2D eigenvalue weighted by molar-refractivity contribution is -0.126. The molecule has 42 valence electrons. The molecule has 1 fully saturated rings. The summed E-state index contributed by atoms with van der Waals surface area (Å²) in [5.74, 6) is 0. The lowest BCUT2D eigenvalue weighted by Crippen LogP contribution is -2.35. The van der Waals surface area contributed by atoms with Gasteiger partial charge >= 0.3 is 0 Å². The average Bonchev–Trinajstić information content (AvgIpc) is 1.55. The fourth-order valence-electron chi connectivity index (χ4n) is 0.546. The third-order valence-electron chi connectivity index (χ3n) is 1.01. The minimum absolute atomic E-state index is 0.407. The van der Waals surface area contributed by atoms with Gasteiger partial charge in [-0.2, -0.15) is 0 Å². The first-order valence-electron chi connectivity index (χ1n) is 2.63. The van der Waals surface area contributed by atoms with Crippen LogP contribution in [-0.2, 0) is 9.47 Å². The molecule has 0 saturated carbocycles. The summed E-state index contributed by atoms with van der Waals surface area (Å²) >= 11 is 0. The Balaban J connectivity index is 1.93. The average molecular weight is 102 g/mol. The first-order valence-corrected chi connectivity index (χ1v) is 2.63. The second-order valence-corrected chi connectivity index (χ2v) is 1.61. The quantitative estimate of drug-likeness (QED) is 0.503. The predicted octanol–water partition coefficient (Wildman–Crippen LogP) is 0.422. The summed E-state index contributed by atoms with van der Waals surface area (Å²) in [6.07, 6.45) is 0.407. The van der Waals surface area contributed by atoms with E-state index in [0.29, 0.717) is 6.10 Å². The van der Waals surface area contributed by atoms with Gasteiger partial charge in [0.05, 0.1) is 13.2 Å². The Morgan fingerprint density at radius 3 is 2.57 bits per heavy atom.